The number of likely N-dealkylation sites (N-methyl/N-ethyl adjacent to an activating group) is 1. The summed E-state index contributed by atoms with van der Waals surface area (Å²) in [6.45, 7) is 11.0. The summed E-state index contributed by atoms with van der Waals surface area (Å²) in [7, 11) is 1.66. The first-order valence-corrected chi connectivity index (χ1v) is 3.68. The Morgan fingerprint density at radius 3 is 2.20 bits per heavy atom. The third kappa shape index (κ3) is 3.51. The summed E-state index contributed by atoms with van der Waals surface area (Å²) < 4.78 is 4.95. The molecule has 2 heteroatoms. The van der Waals surface area contributed by atoms with E-state index in [1.165, 1.54) is 0 Å². The van der Waals surface area contributed by atoms with E-state index >= 15 is 0 Å². The summed E-state index contributed by atoms with van der Waals surface area (Å²) in [4.78, 5) is 2.26. The smallest absolute Gasteiger partial charge is 0.102 e. The molecule has 0 radical (unpaired) electrons. The van der Waals surface area contributed by atoms with Crippen molar-refractivity contribution in [2.75, 3.05) is 26.7 Å². The van der Waals surface area contributed by atoms with E-state index in [4.69, 9.17) is 4.74 Å². The maximum Gasteiger partial charge on any atom is 0.102 e. The molecule has 0 saturated carbocycles. The zero-order valence-corrected chi connectivity index (χ0v) is 7.18. The average molecular weight is 143 g/mol. The van der Waals surface area contributed by atoms with Crippen molar-refractivity contribution < 1.29 is 4.74 Å². The van der Waals surface area contributed by atoms with Crippen LogP contribution >= 0.6 is 0 Å². The van der Waals surface area contributed by atoms with Gasteiger partial charge in [-0.05, 0) is 13.1 Å². The molecule has 0 unspecified atom stereocenters. The Morgan fingerprint density at radius 2 is 1.90 bits per heavy atom. The Hall–Kier alpha value is -0.500. The average Bonchev–Trinajstić information content (AvgIpc) is 1.99. The zero-order chi connectivity index (χ0) is 7.98. The lowest BCUT2D eigenvalue weighted by Crippen LogP contribution is -2.25. The number of hydrogen-bond donors (Lipinski definition) is 0. The molecule has 0 fully saturated rings. The van der Waals surface area contributed by atoms with Crippen molar-refractivity contribution in [1.29, 1.82) is 0 Å². The Balaban J connectivity index is 3.52. The third-order valence-electron chi connectivity index (χ3n) is 1.58. The first-order chi connectivity index (χ1) is 4.74. The molecule has 0 bridgehead atoms. The van der Waals surface area contributed by atoms with Crippen molar-refractivity contribution in [3.8, 4) is 0 Å². The number of nitrogens with zero attached hydrogens (tertiary/aromatic N) is 1. The molecule has 60 valence electrons. The van der Waals surface area contributed by atoms with Crippen LogP contribution in [-0.2, 0) is 4.74 Å². The van der Waals surface area contributed by atoms with Gasteiger partial charge in [-0.2, -0.15) is 0 Å². The summed E-state index contributed by atoms with van der Waals surface area (Å²) in [6, 6.07) is 0. The van der Waals surface area contributed by atoms with Gasteiger partial charge >= 0.3 is 0 Å². The molecule has 2 nitrogen and oxygen atoms in total. The van der Waals surface area contributed by atoms with E-state index in [1.54, 1.807) is 7.11 Å². The fourth-order valence-electron chi connectivity index (χ4n) is 0.761. The molecule has 0 rings (SSSR count). The minimum Gasteiger partial charge on any atom is -0.500 e. The predicted octanol–water partition coefficient (Wildman–Crippen LogP) is 1.49. The van der Waals surface area contributed by atoms with Crippen molar-refractivity contribution in [1.82, 2.24) is 4.90 Å². The van der Waals surface area contributed by atoms with Crippen LogP contribution in [0.1, 0.15) is 13.8 Å². The van der Waals surface area contributed by atoms with Gasteiger partial charge in [0.1, 0.15) is 5.76 Å². The van der Waals surface area contributed by atoms with E-state index in [0.29, 0.717) is 0 Å². The monoisotopic (exact) mass is 143 g/mol. The number of rotatable bonds is 5. The molecule has 0 aliphatic heterocycles. The van der Waals surface area contributed by atoms with E-state index in [-0.39, 0.29) is 0 Å². The molecule has 0 heterocycles. The van der Waals surface area contributed by atoms with Crippen molar-refractivity contribution in [3.05, 3.63) is 12.3 Å². The molecule has 0 atom stereocenters. The first-order valence-electron chi connectivity index (χ1n) is 3.68. The van der Waals surface area contributed by atoms with Crippen LogP contribution in [0.15, 0.2) is 12.3 Å². The van der Waals surface area contributed by atoms with E-state index < -0.39 is 0 Å². The second-order valence-electron chi connectivity index (χ2n) is 2.20. The van der Waals surface area contributed by atoms with Gasteiger partial charge in [0.05, 0.1) is 13.7 Å². The lowest BCUT2D eigenvalue weighted by Gasteiger charge is -2.18. The van der Waals surface area contributed by atoms with Crippen LogP contribution in [0.3, 0.4) is 0 Å². The fourth-order valence-corrected chi connectivity index (χ4v) is 0.761. The molecule has 0 aromatic rings. The van der Waals surface area contributed by atoms with Crippen LogP contribution in [0, 0.1) is 0 Å². The van der Waals surface area contributed by atoms with Gasteiger partial charge in [-0.25, -0.2) is 0 Å². The van der Waals surface area contributed by atoms with Gasteiger partial charge in [0.25, 0.3) is 0 Å². The van der Waals surface area contributed by atoms with Crippen LogP contribution < -0.4 is 0 Å². The molecule has 0 amide bonds. The van der Waals surface area contributed by atoms with Gasteiger partial charge in [0, 0.05) is 0 Å². The van der Waals surface area contributed by atoms with Crippen molar-refractivity contribution in [3.63, 3.8) is 0 Å². The molecular weight excluding hydrogens is 126 g/mol. The highest BCUT2D eigenvalue weighted by Gasteiger charge is 1.99. The van der Waals surface area contributed by atoms with Gasteiger partial charge in [0.15, 0.2) is 0 Å². The maximum absolute atomic E-state index is 4.95. The van der Waals surface area contributed by atoms with Gasteiger partial charge in [0.2, 0.25) is 0 Å². The lowest BCUT2D eigenvalue weighted by molar-refractivity contribution is 0.225. The first kappa shape index (κ1) is 9.50. The van der Waals surface area contributed by atoms with Crippen LogP contribution in [0.25, 0.3) is 0 Å². The molecule has 0 aliphatic rings. The summed E-state index contributed by atoms with van der Waals surface area (Å²) in [6.07, 6.45) is 0. The van der Waals surface area contributed by atoms with Crippen LogP contribution in [0.5, 0.6) is 0 Å². The van der Waals surface area contributed by atoms with E-state index in [1.807, 2.05) is 0 Å². The third-order valence-corrected chi connectivity index (χ3v) is 1.58. The molecule has 0 N–H and O–H groups in total. The van der Waals surface area contributed by atoms with Crippen LogP contribution in [-0.4, -0.2) is 31.6 Å². The summed E-state index contributed by atoms with van der Waals surface area (Å²) >= 11 is 0. The summed E-state index contributed by atoms with van der Waals surface area (Å²) in [5.74, 6) is 0.837. The number of hydrogen-bond acceptors (Lipinski definition) is 2. The van der Waals surface area contributed by atoms with E-state index in [2.05, 4.69) is 25.3 Å². The van der Waals surface area contributed by atoms with E-state index in [9.17, 15) is 0 Å². The minimum atomic E-state index is 0.837. The van der Waals surface area contributed by atoms with Gasteiger partial charge in [-0.1, -0.05) is 20.4 Å². The van der Waals surface area contributed by atoms with Crippen LogP contribution in [0.4, 0.5) is 0 Å². The molecule has 0 saturated heterocycles. The van der Waals surface area contributed by atoms with Crippen molar-refractivity contribution >= 4 is 0 Å². The van der Waals surface area contributed by atoms with Gasteiger partial charge < -0.3 is 4.74 Å². The second kappa shape index (κ2) is 5.30. The highest BCUT2D eigenvalue weighted by atomic mass is 16.5. The lowest BCUT2D eigenvalue weighted by atomic mass is 10.4. The van der Waals surface area contributed by atoms with Gasteiger partial charge in [-0.3, -0.25) is 4.90 Å². The highest BCUT2D eigenvalue weighted by molar-refractivity contribution is 4.85. The number of methoxy groups -OCH3 is 1. The second-order valence-corrected chi connectivity index (χ2v) is 2.20. The molecule has 0 spiro atoms. The summed E-state index contributed by atoms with van der Waals surface area (Å²) in [5.41, 5.74) is 0. The molecule has 0 aliphatic carbocycles. The Kier molecular flexibility index (Phi) is 5.03. The molecular formula is C8H17NO. The number of ether oxygens (including phenoxy) is 1. The Morgan fingerprint density at radius 1 is 1.40 bits per heavy atom. The Labute approximate surface area is 63.5 Å². The minimum absolute atomic E-state index is 0.837. The molecule has 10 heavy (non-hydrogen) atoms. The summed E-state index contributed by atoms with van der Waals surface area (Å²) in [5, 5.41) is 0. The van der Waals surface area contributed by atoms with E-state index in [0.717, 1.165) is 25.4 Å². The molecule has 0 aromatic heterocycles. The maximum atomic E-state index is 4.95. The predicted molar refractivity (Wildman–Crippen MR) is 43.9 cm³/mol. The normalized spacial score (nSPS) is 10.0. The Bertz CT molecular complexity index is 97.4. The van der Waals surface area contributed by atoms with Crippen molar-refractivity contribution in [2.45, 2.75) is 13.8 Å². The topological polar surface area (TPSA) is 12.5 Å². The van der Waals surface area contributed by atoms with Crippen LogP contribution in [0.2, 0.25) is 0 Å². The largest absolute Gasteiger partial charge is 0.500 e. The SMILES string of the molecule is C=C(CN(CC)CC)OC. The van der Waals surface area contributed by atoms with Crippen molar-refractivity contribution in [2.24, 2.45) is 0 Å². The quantitative estimate of drug-likeness (QED) is 0.541. The fraction of sp³-hybridized carbons (Fsp3) is 0.750. The highest BCUT2D eigenvalue weighted by Crippen LogP contribution is 1.95. The van der Waals surface area contributed by atoms with Gasteiger partial charge in [-0.15, -0.1) is 0 Å². The zero-order valence-electron chi connectivity index (χ0n) is 7.18. The molecule has 0 aromatic carbocycles. The standard InChI is InChI=1S/C8H17NO/c1-5-9(6-2)7-8(3)10-4/h3,5-7H2,1-2,4H3.